The van der Waals surface area contributed by atoms with Gasteiger partial charge in [0.25, 0.3) is 5.91 Å². The highest BCUT2D eigenvalue weighted by Gasteiger charge is 2.13. The van der Waals surface area contributed by atoms with Crippen LogP contribution in [0.1, 0.15) is 16.1 Å². The molecule has 0 fully saturated rings. The zero-order chi connectivity index (χ0) is 11.8. The summed E-state index contributed by atoms with van der Waals surface area (Å²) in [6.07, 6.45) is 3.28. The normalized spacial score (nSPS) is 10.9. The molecule has 0 amide bonds. The van der Waals surface area contributed by atoms with E-state index in [4.69, 9.17) is 4.42 Å². The van der Waals surface area contributed by atoms with E-state index >= 15 is 0 Å². The number of furan rings is 1. The smallest absolute Gasteiger partial charge is 0.298 e. The van der Waals surface area contributed by atoms with Gasteiger partial charge in [-0.2, -0.15) is 0 Å². The van der Waals surface area contributed by atoms with E-state index in [1.54, 1.807) is 22.9 Å². The number of carbonyl (C=O) groups excluding carboxylic acids is 1. The first-order valence-corrected chi connectivity index (χ1v) is 5.41. The lowest BCUT2D eigenvalue weighted by Gasteiger charge is -2.01. The molecule has 3 heteroatoms. The summed E-state index contributed by atoms with van der Waals surface area (Å²) < 4.78 is 6.73. The fourth-order valence-corrected chi connectivity index (χ4v) is 1.96. The quantitative estimate of drug-likeness (QED) is 0.637. The summed E-state index contributed by atoms with van der Waals surface area (Å²) in [6.45, 7) is 2.03. The van der Waals surface area contributed by atoms with Gasteiger partial charge in [-0.05, 0) is 37.3 Å². The van der Waals surface area contributed by atoms with E-state index < -0.39 is 0 Å². The summed E-state index contributed by atoms with van der Waals surface area (Å²) in [7, 11) is 0. The Bertz CT molecular complexity index is 677. The third-order valence-corrected chi connectivity index (χ3v) is 2.80. The molecular formula is C14H11NO2. The lowest BCUT2D eigenvalue weighted by Crippen LogP contribution is -2.09. The molecule has 0 saturated heterocycles. The molecular weight excluding hydrogens is 214 g/mol. The van der Waals surface area contributed by atoms with Crippen LogP contribution in [0, 0.1) is 6.92 Å². The number of nitrogens with zero attached hydrogens (tertiary/aromatic N) is 1. The standard InChI is InChI=1S/C14H11NO2/c1-10-4-5-12-11(9-10)6-7-15(12)14(16)13-3-2-8-17-13/h2-9H,1H3. The first-order chi connectivity index (χ1) is 8.25. The molecule has 17 heavy (non-hydrogen) atoms. The van der Waals surface area contributed by atoms with Crippen LogP contribution in [-0.4, -0.2) is 10.5 Å². The minimum absolute atomic E-state index is 0.145. The average molecular weight is 225 g/mol. The third-order valence-electron chi connectivity index (χ3n) is 2.80. The molecule has 0 bridgehead atoms. The predicted molar refractivity (Wildman–Crippen MR) is 65.1 cm³/mol. The highest BCUT2D eigenvalue weighted by Crippen LogP contribution is 2.18. The van der Waals surface area contributed by atoms with Crippen LogP contribution in [-0.2, 0) is 0 Å². The van der Waals surface area contributed by atoms with Crippen molar-refractivity contribution in [2.45, 2.75) is 6.92 Å². The fraction of sp³-hybridized carbons (Fsp3) is 0.0714. The summed E-state index contributed by atoms with van der Waals surface area (Å²) in [6, 6.07) is 11.3. The molecule has 0 unspecified atom stereocenters. The van der Waals surface area contributed by atoms with E-state index in [1.807, 2.05) is 25.1 Å². The average Bonchev–Trinajstić information content (AvgIpc) is 2.96. The maximum absolute atomic E-state index is 12.1. The number of hydrogen-bond acceptors (Lipinski definition) is 2. The summed E-state index contributed by atoms with van der Waals surface area (Å²) >= 11 is 0. The number of fused-ring (bicyclic) bond motifs is 1. The van der Waals surface area contributed by atoms with E-state index in [0.717, 1.165) is 10.9 Å². The Morgan fingerprint density at radius 2 is 2.12 bits per heavy atom. The van der Waals surface area contributed by atoms with E-state index in [0.29, 0.717) is 5.76 Å². The summed E-state index contributed by atoms with van der Waals surface area (Å²) in [4.78, 5) is 12.1. The van der Waals surface area contributed by atoms with Crippen LogP contribution in [0.15, 0.2) is 53.3 Å². The first-order valence-electron chi connectivity index (χ1n) is 5.41. The van der Waals surface area contributed by atoms with Crippen LogP contribution >= 0.6 is 0 Å². The number of hydrogen-bond donors (Lipinski definition) is 0. The van der Waals surface area contributed by atoms with Crippen molar-refractivity contribution in [1.29, 1.82) is 0 Å². The Hall–Kier alpha value is -2.29. The molecule has 3 nitrogen and oxygen atoms in total. The van der Waals surface area contributed by atoms with Crippen LogP contribution < -0.4 is 0 Å². The summed E-state index contributed by atoms with van der Waals surface area (Å²) in [5.41, 5.74) is 2.08. The Labute approximate surface area is 98.3 Å². The van der Waals surface area contributed by atoms with Crippen molar-refractivity contribution in [2.75, 3.05) is 0 Å². The van der Waals surface area contributed by atoms with Crippen LogP contribution in [0.5, 0.6) is 0 Å². The van der Waals surface area contributed by atoms with Crippen molar-refractivity contribution >= 4 is 16.8 Å². The van der Waals surface area contributed by atoms with Crippen molar-refractivity contribution in [3.63, 3.8) is 0 Å². The minimum atomic E-state index is -0.145. The minimum Gasteiger partial charge on any atom is -0.459 e. The molecule has 0 radical (unpaired) electrons. The number of aromatic nitrogens is 1. The van der Waals surface area contributed by atoms with E-state index in [1.165, 1.54) is 11.8 Å². The Morgan fingerprint density at radius 1 is 1.24 bits per heavy atom. The van der Waals surface area contributed by atoms with Gasteiger partial charge in [0.05, 0.1) is 11.8 Å². The van der Waals surface area contributed by atoms with Crippen LogP contribution in [0.25, 0.3) is 10.9 Å². The SMILES string of the molecule is Cc1ccc2c(ccn2C(=O)c2ccco2)c1. The number of benzene rings is 1. The Kier molecular flexibility index (Phi) is 2.11. The number of rotatable bonds is 1. The van der Waals surface area contributed by atoms with Crippen molar-refractivity contribution in [2.24, 2.45) is 0 Å². The van der Waals surface area contributed by atoms with Gasteiger partial charge in [-0.1, -0.05) is 11.6 Å². The van der Waals surface area contributed by atoms with Gasteiger partial charge in [0.15, 0.2) is 5.76 Å². The summed E-state index contributed by atoms with van der Waals surface area (Å²) in [5.74, 6) is 0.205. The zero-order valence-electron chi connectivity index (χ0n) is 9.38. The second-order valence-electron chi connectivity index (χ2n) is 4.03. The molecule has 2 aromatic heterocycles. The predicted octanol–water partition coefficient (Wildman–Crippen LogP) is 3.23. The maximum atomic E-state index is 12.1. The number of aryl methyl sites for hydroxylation is 1. The molecule has 84 valence electrons. The molecule has 0 N–H and O–H groups in total. The van der Waals surface area contributed by atoms with Gasteiger partial charge < -0.3 is 4.42 Å². The van der Waals surface area contributed by atoms with Gasteiger partial charge in [0.1, 0.15) is 0 Å². The second-order valence-corrected chi connectivity index (χ2v) is 4.03. The van der Waals surface area contributed by atoms with Gasteiger partial charge in [-0.15, -0.1) is 0 Å². The topological polar surface area (TPSA) is 35.1 Å². The van der Waals surface area contributed by atoms with Crippen LogP contribution in [0.2, 0.25) is 0 Å². The highest BCUT2D eigenvalue weighted by molar-refractivity contribution is 6.00. The molecule has 0 aliphatic carbocycles. The van der Waals surface area contributed by atoms with Crippen LogP contribution in [0.4, 0.5) is 0 Å². The lowest BCUT2D eigenvalue weighted by molar-refractivity contribution is 0.0937. The number of carbonyl (C=O) groups is 1. The van der Waals surface area contributed by atoms with Gasteiger partial charge in [0, 0.05) is 11.6 Å². The van der Waals surface area contributed by atoms with E-state index in [-0.39, 0.29) is 5.91 Å². The van der Waals surface area contributed by atoms with Crippen molar-refractivity contribution in [1.82, 2.24) is 4.57 Å². The van der Waals surface area contributed by atoms with Gasteiger partial charge in [-0.3, -0.25) is 9.36 Å². The highest BCUT2D eigenvalue weighted by atomic mass is 16.3. The Balaban J connectivity index is 2.15. The molecule has 3 rings (SSSR count). The van der Waals surface area contributed by atoms with Crippen LogP contribution in [0.3, 0.4) is 0 Å². The monoisotopic (exact) mass is 225 g/mol. The molecule has 0 saturated carbocycles. The van der Waals surface area contributed by atoms with Gasteiger partial charge in [0.2, 0.25) is 0 Å². The van der Waals surface area contributed by atoms with E-state index in [9.17, 15) is 4.79 Å². The van der Waals surface area contributed by atoms with E-state index in [2.05, 4.69) is 6.07 Å². The molecule has 2 heterocycles. The molecule has 0 aliphatic heterocycles. The third kappa shape index (κ3) is 1.56. The Morgan fingerprint density at radius 3 is 2.88 bits per heavy atom. The molecule has 0 atom stereocenters. The molecule has 3 aromatic rings. The van der Waals surface area contributed by atoms with Gasteiger partial charge in [-0.25, -0.2) is 0 Å². The zero-order valence-corrected chi connectivity index (χ0v) is 9.38. The second kappa shape index (κ2) is 3.63. The van der Waals surface area contributed by atoms with Crippen molar-refractivity contribution in [3.8, 4) is 0 Å². The summed E-state index contributed by atoms with van der Waals surface area (Å²) in [5, 5.41) is 1.06. The molecule has 0 aliphatic rings. The van der Waals surface area contributed by atoms with Gasteiger partial charge >= 0.3 is 0 Å². The maximum Gasteiger partial charge on any atom is 0.298 e. The largest absolute Gasteiger partial charge is 0.459 e. The molecule has 0 spiro atoms. The van der Waals surface area contributed by atoms with Crippen molar-refractivity contribution < 1.29 is 9.21 Å². The fourth-order valence-electron chi connectivity index (χ4n) is 1.96. The molecule has 1 aromatic carbocycles. The first kappa shape index (κ1) is 9.90. The lowest BCUT2D eigenvalue weighted by atomic mass is 10.2. The van der Waals surface area contributed by atoms with Crippen molar-refractivity contribution in [3.05, 3.63) is 60.2 Å².